The number of hydrogen-bond donors (Lipinski definition) is 1. The summed E-state index contributed by atoms with van der Waals surface area (Å²) in [5, 5.41) is 2.93. The Morgan fingerprint density at radius 3 is 2.50 bits per heavy atom. The van der Waals surface area contributed by atoms with E-state index in [0.29, 0.717) is 18.7 Å². The highest BCUT2D eigenvalue weighted by Gasteiger charge is 2.25. The van der Waals surface area contributed by atoms with Gasteiger partial charge in [0.15, 0.2) is 0 Å². The third-order valence-corrected chi connectivity index (χ3v) is 5.60. The zero-order valence-electron chi connectivity index (χ0n) is 17.1. The van der Waals surface area contributed by atoms with Crippen LogP contribution < -0.4 is 5.32 Å². The van der Waals surface area contributed by atoms with Gasteiger partial charge < -0.3 is 14.8 Å². The number of carbonyl (C=O) groups excluding carboxylic acids is 2. The van der Waals surface area contributed by atoms with Crippen molar-refractivity contribution in [3.05, 3.63) is 83.9 Å². The minimum absolute atomic E-state index is 0.0719. The smallest absolute Gasteiger partial charge is 0.254 e. The van der Waals surface area contributed by atoms with Crippen LogP contribution >= 0.6 is 0 Å². The van der Waals surface area contributed by atoms with Crippen molar-refractivity contribution in [3.63, 3.8) is 0 Å². The minimum atomic E-state index is -0.0823. The Balaban J connectivity index is 1.37. The highest BCUT2D eigenvalue weighted by Crippen LogP contribution is 2.27. The molecule has 0 spiro atoms. The van der Waals surface area contributed by atoms with Crippen molar-refractivity contribution < 1.29 is 9.59 Å². The van der Waals surface area contributed by atoms with Crippen LogP contribution in [0, 0.1) is 5.92 Å². The number of hydrogen-bond acceptors (Lipinski definition) is 3. The fourth-order valence-electron chi connectivity index (χ4n) is 3.53. The van der Waals surface area contributed by atoms with Crippen LogP contribution in [0.25, 0.3) is 0 Å². The van der Waals surface area contributed by atoms with E-state index in [1.807, 2.05) is 24.4 Å². The molecule has 3 aromatic rings. The first-order valence-electron chi connectivity index (χ1n) is 10.3. The van der Waals surface area contributed by atoms with Crippen molar-refractivity contribution in [3.8, 4) is 0 Å². The summed E-state index contributed by atoms with van der Waals surface area (Å²) in [6, 6.07) is 17.3. The predicted octanol–water partition coefficient (Wildman–Crippen LogP) is 3.94. The van der Waals surface area contributed by atoms with E-state index >= 15 is 0 Å². The second-order valence-electron chi connectivity index (χ2n) is 7.81. The summed E-state index contributed by atoms with van der Waals surface area (Å²) in [5.41, 5.74) is 2.50. The van der Waals surface area contributed by atoms with Gasteiger partial charge in [-0.25, -0.2) is 4.98 Å². The molecule has 6 nitrogen and oxygen atoms in total. The standard InChI is InChI=1S/C24H26N4O2/c1-27(17-22-25-14-15-28(22)16-18-6-3-2-4-7-18)24(30)20-10-12-21(13-11-20)26-23(29)19-8-5-9-19/h2-4,6-7,10-15,19H,5,8-9,16-17H2,1H3,(H,26,29). The molecule has 154 valence electrons. The molecule has 1 saturated carbocycles. The monoisotopic (exact) mass is 402 g/mol. The molecule has 1 aliphatic rings. The number of aromatic nitrogens is 2. The largest absolute Gasteiger partial charge is 0.334 e. The van der Waals surface area contributed by atoms with Gasteiger partial charge in [-0.1, -0.05) is 36.8 Å². The van der Waals surface area contributed by atoms with Gasteiger partial charge in [0.25, 0.3) is 5.91 Å². The number of benzene rings is 2. The van der Waals surface area contributed by atoms with Gasteiger partial charge in [0.05, 0.1) is 6.54 Å². The molecular weight excluding hydrogens is 376 g/mol. The lowest BCUT2D eigenvalue weighted by Crippen LogP contribution is -2.28. The van der Waals surface area contributed by atoms with Crippen LogP contribution in [0.1, 0.15) is 41.0 Å². The van der Waals surface area contributed by atoms with Crippen LogP contribution in [0.2, 0.25) is 0 Å². The van der Waals surface area contributed by atoms with Gasteiger partial charge in [0, 0.05) is 43.2 Å². The first-order valence-corrected chi connectivity index (χ1v) is 10.3. The average Bonchev–Trinajstić information content (AvgIpc) is 3.14. The molecule has 1 fully saturated rings. The molecule has 0 unspecified atom stereocenters. The number of imidazole rings is 1. The maximum absolute atomic E-state index is 12.8. The van der Waals surface area contributed by atoms with Gasteiger partial charge in [-0.05, 0) is 42.7 Å². The summed E-state index contributed by atoms with van der Waals surface area (Å²) in [7, 11) is 1.77. The van der Waals surface area contributed by atoms with Gasteiger partial charge in [-0.15, -0.1) is 0 Å². The number of nitrogens with one attached hydrogen (secondary N) is 1. The number of carbonyl (C=O) groups is 2. The van der Waals surface area contributed by atoms with Gasteiger partial charge >= 0.3 is 0 Å². The van der Waals surface area contributed by atoms with Crippen LogP contribution in [-0.2, 0) is 17.9 Å². The van der Waals surface area contributed by atoms with Crippen LogP contribution in [0.3, 0.4) is 0 Å². The molecular formula is C24H26N4O2. The Kier molecular flexibility index (Phi) is 5.93. The molecule has 30 heavy (non-hydrogen) atoms. The van der Waals surface area contributed by atoms with Gasteiger partial charge in [0.1, 0.15) is 5.82 Å². The third-order valence-electron chi connectivity index (χ3n) is 5.60. The minimum Gasteiger partial charge on any atom is -0.334 e. The van der Waals surface area contributed by atoms with E-state index in [2.05, 4.69) is 27.0 Å². The molecule has 0 saturated heterocycles. The molecule has 1 heterocycles. The van der Waals surface area contributed by atoms with E-state index in [-0.39, 0.29) is 17.7 Å². The number of amides is 2. The van der Waals surface area contributed by atoms with Crippen LogP contribution in [0.5, 0.6) is 0 Å². The second kappa shape index (κ2) is 8.95. The Morgan fingerprint density at radius 1 is 1.10 bits per heavy atom. The first-order chi connectivity index (χ1) is 14.6. The summed E-state index contributed by atoms with van der Waals surface area (Å²) in [5.74, 6) is 0.958. The summed E-state index contributed by atoms with van der Waals surface area (Å²) in [6.45, 7) is 1.13. The molecule has 2 aromatic carbocycles. The molecule has 1 aromatic heterocycles. The highest BCUT2D eigenvalue weighted by molar-refractivity contribution is 5.96. The Labute approximate surface area is 176 Å². The van der Waals surface area contributed by atoms with Crippen molar-refractivity contribution in [2.75, 3.05) is 12.4 Å². The highest BCUT2D eigenvalue weighted by atomic mass is 16.2. The van der Waals surface area contributed by atoms with E-state index in [1.54, 1.807) is 42.4 Å². The molecule has 2 amide bonds. The van der Waals surface area contributed by atoms with Gasteiger partial charge in [-0.2, -0.15) is 0 Å². The van der Waals surface area contributed by atoms with Crippen LogP contribution in [0.4, 0.5) is 5.69 Å². The number of nitrogens with zero attached hydrogens (tertiary/aromatic N) is 3. The summed E-state index contributed by atoms with van der Waals surface area (Å²) in [6.07, 6.45) is 6.75. The SMILES string of the molecule is CN(Cc1nccn1Cc1ccccc1)C(=O)c1ccc(NC(=O)C2CCC2)cc1. The van der Waals surface area contributed by atoms with Gasteiger partial charge in [-0.3, -0.25) is 9.59 Å². The normalized spacial score (nSPS) is 13.5. The van der Waals surface area contributed by atoms with E-state index in [1.165, 1.54) is 5.56 Å². The third kappa shape index (κ3) is 4.59. The van der Waals surface area contributed by atoms with Crippen LogP contribution in [0.15, 0.2) is 67.0 Å². The average molecular weight is 402 g/mol. The van der Waals surface area contributed by atoms with Crippen molar-refractivity contribution in [2.45, 2.75) is 32.4 Å². The zero-order valence-corrected chi connectivity index (χ0v) is 17.1. The quantitative estimate of drug-likeness (QED) is 0.651. The summed E-state index contributed by atoms with van der Waals surface area (Å²) in [4.78, 5) is 31.0. The second-order valence-corrected chi connectivity index (χ2v) is 7.81. The van der Waals surface area contributed by atoms with Crippen molar-refractivity contribution in [1.29, 1.82) is 0 Å². The molecule has 0 radical (unpaired) electrons. The Hall–Kier alpha value is -3.41. The number of rotatable bonds is 7. The summed E-state index contributed by atoms with van der Waals surface area (Å²) < 4.78 is 2.05. The summed E-state index contributed by atoms with van der Waals surface area (Å²) >= 11 is 0. The molecule has 0 atom stereocenters. The lowest BCUT2D eigenvalue weighted by Gasteiger charge is -2.24. The Bertz CT molecular complexity index is 1010. The fraction of sp³-hybridized carbons (Fsp3) is 0.292. The lowest BCUT2D eigenvalue weighted by atomic mass is 9.85. The molecule has 6 heteroatoms. The van der Waals surface area contributed by atoms with Crippen molar-refractivity contribution in [1.82, 2.24) is 14.5 Å². The lowest BCUT2D eigenvalue weighted by molar-refractivity contribution is -0.122. The van der Waals surface area contributed by atoms with Gasteiger partial charge in [0.2, 0.25) is 5.91 Å². The maximum Gasteiger partial charge on any atom is 0.254 e. The van der Waals surface area contributed by atoms with E-state index in [9.17, 15) is 9.59 Å². The van der Waals surface area contributed by atoms with E-state index < -0.39 is 0 Å². The maximum atomic E-state index is 12.8. The molecule has 1 N–H and O–H groups in total. The Morgan fingerprint density at radius 2 is 1.83 bits per heavy atom. The first kappa shape index (κ1) is 19.9. The van der Waals surface area contributed by atoms with Crippen molar-refractivity contribution >= 4 is 17.5 Å². The fourth-order valence-corrected chi connectivity index (χ4v) is 3.53. The van der Waals surface area contributed by atoms with E-state index in [4.69, 9.17) is 0 Å². The zero-order chi connectivity index (χ0) is 20.9. The molecule has 4 rings (SSSR count). The topological polar surface area (TPSA) is 67.2 Å². The van der Waals surface area contributed by atoms with Crippen LogP contribution in [-0.4, -0.2) is 33.3 Å². The number of anilines is 1. The predicted molar refractivity (Wildman–Crippen MR) is 116 cm³/mol. The molecule has 1 aliphatic carbocycles. The van der Waals surface area contributed by atoms with E-state index in [0.717, 1.165) is 30.8 Å². The molecule has 0 bridgehead atoms. The molecule has 0 aliphatic heterocycles. The van der Waals surface area contributed by atoms with Crippen molar-refractivity contribution in [2.24, 2.45) is 5.92 Å².